The fraction of sp³-hybridized carbons (Fsp3) is 0.714. The number of hydrogen-bond donors (Lipinski definition) is 1. The van der Waals surface area contributed by atoms with E-state index < -0.39 is 60.9 Å². The third-order valence-electron chi connectivity index (χ3n) is 3.11. The van der Waals surface area contributed by atoms with Gasteiger partial charge in [0.15, 0.2) is 12.2 Å². The largest absolute Gasteiger partial charge is 0.463 e. The van der Waals surface area contributed by atoms with Gasteiger partial charge >= 0.3 is 23.8 Å². The van der Waals surface area contributed by atoms with Crippen LogP contribution in [0.25, 0.3) is 0 Å². The van der Waals surface area contributed by atoms with Crippen molar-refractivity contribution < 1.29 is 46.9 Å². The zero-order valence-electron chi connectivity index (χ0n) is 14.0. The van der Waals surface area contributed by atoms with Crippen LogP contribution in [0.3, 0.4) is 0 Å². The number of nitrogens with one attached hydrogen (secondary N) is 1. The van der Waals surface area contributed by atoms with Crippen molar-refractivity contribution >= 4 is 23.8 Å². The molecule has 142 valence electrons. The van der Waals surface area contributed by atoms with Gasteiger partial charge in [0.25, 0.3) is 0 Å². The highest BCUT2D eigenvalue weighted by Crippen LogP contribution is 2.37. The Hall–Kier alpha value is -2.30. The molecule has 1 fully saturated rings. The van der Waals surface area contributed by atoms with Gasteiger partial charge in [0.05, 0.1) is 0 Å². The summed E-state index contributed by atoms with van der Waals surface area (Å²) < 4.78 is 48.3. The zero-order chi connectivity index (χ0) is 19.4. The fourth-order valence-corrected chi connectivity index (χ4v) is 2.22. The molecule has 25 heavy (non-hydrogen) atoms. The van der Waals surface area contributed by atoms with Crippen molar-refractivity contribution in [1.29, 1.82) is 0 Å². The number of hydrogen-bond acceptors (Lipinski definition) is 8. The third-order valence-corrected chi connectivity index (χ3v) is 3.11. The molecule has 1 saturated heterocycles. The van der Waals surface area contributed by atoms with Gasteiger partial charge in [-0.25, -0.2) is 0 Å². The summed E-state index contributed by atoms with van der Waals surface area (Å²) in [6.07, 6.45) is -5.94. The van der Waals surface area contributed by atoms with E-state index in [1.807, 2.05) is 0 Å². The first-order chi connectivity index (χ1) is 11.4. The van der Waals surface area contributed by atoms with Crippen LogP contribution < -0.4 is 5.32 Å². The van der Waals surface area contributed by atoms with Crippen molar-refractivity contribution in [1.82, 2.24) is 5.32 Å². The lowest BCUT2D eigenvalue weighted by Crippen LogP contribution is -2.69. The molecule has 0 bridgehead atoms. The van der Waals surface area contributed by atoms with Gasteiger partial charge in [0.2, 0.25) is 12.2 Å². The Balaban J connectivity index is 3.22. The number of carbonyl (C=O) groups excluding carboxylic acids is 4. The predicted molar refractivity (Wildman–Crippen MR) is 75.2 cm³/mol. The molecule has 0 aromatic carbocycles. The summed E-state index contributed by atoms with van der Waals surface area (Å²) in [5.74, 6) is -7.34. The molecule has 1 aliphatic rings. The van der Waals surface area contributed by atoms with Crippen molar-refractivity contribution in [2.24, 2.45) is 0 Å². The van der Waals surface area contributed by atoms with E-state index in [0.717, 1.165) is 27.7 Å². The van der Waals surface area contributed by atoms with E-state index in [1.54, 1.807) is 0 Å². The smallest absolute Gasteiger partial charge is 0.315 e. The Bertz CT molecular complexity index is 553. The maximum Gasteiger partial charge on any atom is 0.315 e. The summed E-state index contributed by atoms with van der Waals surface area (Å²) in [7, 11) is 0. The molecule has 1 N–H and O–H groups in total. The van der Waals surface area contributed by atoms with E-state index in [0.29, 0.717) is 0 Å². The van der Waals surface area contributed by atoms with Crippen LogP contribution >= 0.6 is 0 Å². The minimum absolute atomic E-state index is 0.739. The van der Waals surface area contributed by atoms with Crippen molar-refractivity contribution in [3.8, 4) is 0 Å². The molecule has 1 amide bonds. The number of ether oxygens (including phenoxy) is 4. The Labute approximate surface area is 141 Å². The average Bonchev–Trinajstić information content (AvgIpc) is 2.43. The number of carbonyl (C=O) groups is 4. The highest BCUT2D eigenvalue weighted by Gasteiger charge is 2.62. The van der Waals surface area contributed by atoms with Crippen LogP contribution in [0.2, 0.25) is 0 Å². The van der Waals surface area contributed by atoms with Gasteiger partial charge in [-0.15, -0.1) is 0 Å². The summed E-state index contributed by atoms with van der Waals surface area (Å²) >= 11 is 0. The Morgan fingerprint density at radius 1 is 1.00 bits per heavy atom. The number of esters is 3. The summed E-state index contributed by atoms with van der Waals surface area (Å²) in [6.45, 7) is 3.08. The molecule has 1 heterocycles. The van der Waals surface area contributed by atoms with Crippen LogP contribution in [-0.4, -0.2) is 60.9 Å². The molecule has 0 spiro atoms. The molecule has 1 rings (SSSR count). The monoisotopic (exact) mass is 367 g/mol. The van der Waals surface area contributed by atoms with Crippen LogP contribution in [0, 0.1) is 0 Å². The van der Waals surface area contributed by atoms with Crippen LogP contribution in [0.1, 0.15) is 27.7 Å². The highest BCUT2D eigenvalue weighted by molar-refractivity contribution is 5.74. The first kappa shape index (κ1) is 20.7. The van der Waals surface area contributed by atoms with Crippen molar-refractivity contribution in [2.45, 2.75) is 58.2 Å². The number of amides is 1. The van der Waals surface area contributed by atoms with E-state index in [1.165, 1.54) is 0 Å². The molecule has 0 aromatic heterocycles. The lowest BCUT2D eigenvalue weighted by atomic mass is 9.95. The molecule has 1 aliphatic heterocycles. The zero-order valence-corrected chi connectivity index (χ0v) is 14.0. The van der Waals surface area contributed by atoms with Gasteiger partial charge in [0, 0.05) is 27.7 Å². The molecule has 0 unspecified atom stereocenters. The Morgan fingerprint density at radius 2 is 1.56 bits per heavy atom. The van der Waals surface area contributed by atoms with E-state index in [4.69, 9.17) is 9.47 Å². The van der Waals surface area contributed by atoms with Gasteiger partial charge in [-0.05, 0) is 0 Å². The predicted octanol–water partition coefficient (Wildman–Crippen LogP) is -0.0908. The molecule has 4 atom stereocenters. The molecule has 11 heteroatoms. The maximum absolute atomic E-state index is 14.7. The minimum atomic E-state index is -3.84. The third kappa shape index (κ3) is 5.62. The van der Waals surface area contributed by atoms with E-state index in [9.17, 15) is 28.0 Å². The lowest BCUT2D eigenvalue weighted by molar-refractivity contribution is -0.313. The quantitative estimate of drug-likeness (QED) is 0.529. The van der Waals surface area contributed by atoms with E-state index in [2.05, 4.69) is 14.8 Å². The molecule has 0 aliphatic carbocycles. The second kappa shape index (κ2) is 8.19. The van der Waals surface area contributed by atoms with Crippen LogP contribution in [0.15, 0.2) is 0 Å². The highest BCUT2D eigenvalue weighted by atomic mass is 19.3. The van der Waals surface area contributed by atoms with Crippen LogP contribution in [0.5, 0.6) is 0 Å². The Morgan fingerprint density at radius 3 is 2.00 bits per heavy atom. The lowest BCUT2D eigenvalue weighted by Gasteiger charge is -2.44. The summed E-state index contributed by atoms with van der Waals surface area (Å²) in [4.78, 5) is 44.6. The van der Waals surface area contributed by atoms with Crippen molar-refractivity contribution in [3.63, 3.8) is 0 Å². The van der Waals surface area contributed by atoms with Crippen LogP contribution in [-0.2, 0) is 38.1 Å². The first-order valence-corrected chi connectivity index (χ1v) is 7.23. The maximum atomic E-state index is 14.7. The second-order valence-electron chi connectivity index (χ2n) is 5.34. The summed E-state index contributed by atoms with van der Waals surface area (Å²) in [6, 6.07) is -1.66. The van der Waals surface area contributed by atoms with E-state index >= 15 is 0 Å². The van der Waals surface area contributed by atoms with Gasteiger partial charge < -0.3 is 24.3 Å². The van der Waals surface area contributed by atoms with Gasteiger partial charge in [-0.3, -0.25) is 19.2 Å². The number of halogens is 2. The van der Waals surface area contributed by atoms with Gasteiger partial charge in [0.1, 0.15) is 12.6 Å². The molecular formula is C14H19F2NO8. The number of alkyl halides is 2. The first-order valence-electron chi connectivity index (χ1n) is 7.23. The Kier molecular flexibility index (Phi) is 6.79. The van der Waals surface area contributed by atoms with Crippen molar-refractivity contribution in [3.05, 3.63) is 0 Å². The molecular weight excluding hydrogens is 348 g/mol. The molecule has 0 radical (unpaired) electrons. The van der Waals surface area contributed by atoms with Gasteiger partial charge in [-0.2, -0.15) is 8.78 Å². The molecule has 0 aromatic rings. The topological polar surface area (TPSA) is 117 Å². The fourth-order valence-electron chi connectivity index (χ4n) is 2.22. The van der Waals surface area contributed by atoms with Crippen molar-refractivity contribution in [2.75, 3.05) is 6.61 Å². The average molecular weight is 367 g/mol. The normalized spacial score (nSPS) is 27.8. The second-order valence-corrected chi connectivity index (χ2v) is 5.34. The van der Waals surface area contributed by atoms with Gasteiger partial charge in [-0.1, -0.05) is 0 Å². The standard InChI is InChI=1S/C14H19F2NO8/c1-6(18)17-11-12(23-8(3)20)14(15,16)10(5-22-7(2)19)25-13(11)24-9(4)21/h10-13H,5H2,1-4H3,(H,17,18)/t10-,11-,12-,13+/m1/s1. The molecule has 9 nitrogen and oxygen atoms in total. The SMILES string of the molecule is CC(=O)N[C@H]1[C@@H](OC(C)=O)O[C@H](COC(C)=O)C(F)(F)[C@@H]1OC(C)=O. The van der Waals surface area contributed by atoms with E-state index in [-0.39, 0.29) is 0 Å². The van der Waals surface area contributed by atoms with Crippen LogP contribution in [0.4, 0.5) is 8.78 Å². The summed E-state index contributed by atoms with van der Waals surface area (Å²) in [5, 5.41) is 2.13. The minimum Gasteiger partial charge on any atom is -0.463 e. The number of rotatable bonds is 5. The summed E-state index contributed by atoms with van der Waals surface area (Å²) in [5.41, 5.74) is 0. The molecule has 0 saturated carbocycles.